The van der Waals surface area contributed by atoms with Crippen LogP contribution in [-0.4, -0.2) is 59.0 Å². The fraction of sp³-hybridized carbons (Fsp3) is 0.419. The number of aromatic nitrogens is 1. The number of rotatable bonds is 11. The minimum atomic E-state index is -0.152. The number of halogens is 1. The summed E-state index contributed by atoms with van der Waals surface area (Å²) in [6.07, 6.45) is 7.44. The summed E-state index contributed by atoms with van der Waals surface area (Å²) in [5, 5.41) is 0.732. The van der Waals surface area contributed by atoms with Crippen LogP contribution in [0.5, 0.6) is 0 Å². The average Bonchev–Trinajstić information content (AvgIpc) is 3.37. The molecule has 1 aromatic heterocycles. The maximum absolute atomic E-state index is 13.9. The predicted octanol–water partition coefficient (Wildman–Crippen LogP) is 5.95. The molecule has 0 unspecified atom stereocenters. The Morgan fingerprint density at radius 3 is 2.45 bits per heavy atom. The number of nitrogens with zero attached hydrogens (tertiary/aromatic N) is 3. The van der Waals surface area contributed by atoms with Gasteiger partial charge in [-0.25, -0.2) is 0 Å². The number of methoxy groups -OCH3 is 1. The van der Waals surface area contributed by atoms with Gasteiger partial charge < -0.3 is 19.1 Å². The van der Waals surface area contributed by atoms with Gasteiger partial charge in [0.05, 0.1) is 13.2 Å². The second-order valence-corrected chi connectivity index (χ2v) is 10.5. The Labute approximate surface area is 231 Å². The Kier molecular flexibility index (Phi) is 10.0. The minimum Gasteiger partial charge on any atom is -0.383 e. The Hall–Kier alpha value is -3.09. The number of benzene rings is 2. The molecule has 1 fully saturated rings. The average molecular weight is 536 g/mol. The van der Waals surface area contributed by atoms with Gasteiger partial charge in [-0.1, -0.05) is 66.8 Å². The van der Waals surface area contributed by atoms with Crippen molar-refractivity contribution in [2.75, 3.05) is 26.8 Å². The highest BCUT2D eigenvalue weighted by molar-refractivity contribution is 6.31. The van der Waals surface area contributed by atoms with Crippen LogP contribution in [0.15, 0.2) is 66.9 Å². The fourth-order valence-corrected chi connectivity index (χ4v) is 5.33. The van der Waals surface area contributed by atoms with Gasteiger partial charge in [-0.05, 0) is 55.7 Å². The molecule has 1 saturated carbocycles. The van der Waals surface area contributed by atoms with Gasteiger partial charge >= 0.3 is 0 Å². The molecule has 0 bridgehead atoms. The van der Waals surface area contributed by atoms with Crippen LogP contribution in [0.1, 0.15) is 59.3 Å². The lowest BCUT2D eigenvalue weighted by atomic mass is 9.94. The number of carbonyl (C=O) groups is 2. The van der Waals surface area contributed by atoms with Crippen molar-refractivity contribution in [2.45, 2.75) is 58.2 Å². The van der Waals surface area contributed by atoms with E-state index >= 15 is 0 Å². The van der Waals surface area contributed by atoms with Gasteiger partial charge in [-0.2, -0.15) is 0 Å². The van der Waals surface area contributed by atoms with E-state index in [4.69, 9.17) is 16.3 Å². The topological polar surface area (TPSA) is 54.8 Å². The lowest BCUT2D eigenvalue weighted by molar-refractivity contribution is -0.135. The Bertz CT molecular complexity index is 1200. The minimum absolute atomic E-state index is 0.0256. The SMILES string of the molecule is COCCN(CC(=O)N(Cc1cccn1Cc1ccccc1Cl)C1CCCCC1)C(=O)c1ccc(C)cc1. The molecule has 1 aliphatic carbocycles. The van der Waals surface area contributed by atoms with Gasteiger partial charge in [0, 0.05) is 48.7 Å². The summed E-state index contributed by atoms with van der Waals surface area (Å²) >= 11 is 6.43. The molecule has 0 radical (unpaired) electrons. The van der Waals surface area contributed by atoms with Crippen molar-refractivity contribution >= 4 is 23.4 Å². The van der Waals surface area contributed by atoms with E-state index in [1.807, 2.05) is 72.6 Å². The first-order valence-corrected chi connectivity index (χ1v) is 13.9. The van der Waals surface area contributed by atoms with Crippen molar-refractivity contribution in [3.63, 3.8) is 0 Å². The third kappa shape index (κ3) is 7.27. The first kappa shape index (κ1) is 27.9. The number of hydrogen-bond donors (Lipinski definition) is 0. The molecule has 0 saturated heterocycles. The van der Waals surface area contributed by atoms with E-state index in [-0.39, 0.29) is 24.4 Å². The van der Waals surface area contributed by atoms with Crippen LogP contribution >= 0.6 is 11.6 Å². The van der Waals surface area contributed by atoms with Crippen LogP contribution in [0, 0.1) is 6.92 Å². The molecule has 38 heavy (non-hydrogen) atoms. The number of hydrogen-bond acceptors (Lipinski definition) is 3. The van der Waals surface area contributed by atoms with Crippen LogP contribution < -0.4 is 0 Å². The van der Waals surface area contributed by atoms with E-state index in [9.17, 15) is 9.59 Å². The summed E-state index contributed by atoms with van der Waals surface area (Å²) in [7, 11) is 1.61. The molecular formula is C31H38ClN3O3. The second-order valence-electron chi connectivity index (χ2n) is 10.1. The summed E-state index contributed by atoms with van der Waals surface area (Å²) < 4.78 is 7.43. The highest BCUT2D eigenvalue weighted by Crippen LogP contribution is 2.26. The van der Waals surface area contributed by atoms with Crippen molar-refractivity contribution in [3.05, 3.63) is 94.3 Å². The largest absolute Gasteiger partial charge is 0.383 e. The Morgan fingerprint density at radius 2 is 1.74 bits per heavy atom. The van der Waals surface area contributed by atoms with Crippen LogP contribution in [0.2, 0.25) is 5.02 Å². The number of ether oxygens (including phenoxy) is 1. The molecule has 0 atom stereocenters. The number of carbonyl (C=O) groups excluding carboxylic acids is 2. The van der Waals surface area contributed by atoms with E-state index in [2.05, 4.69) is 10.6 Å². The zero-order valence-corrected chi connectivity index (χ0v) is 23.2. The molecule has 4 rings (SSSR count). The molecular weight excluding hydrogens is 498 g/mol. The van der Waals surface area contributed by atoms with Crippen molar-refractivity contribution < 1.29 is 14.3 Å². The third-order valence-corrected chi connectivity index (χ3v) is 7.74. The van der Waals surface area contributed by atoms with Crippen LogP contribution in [-0.2, 0) is 22.6 Å². The standard InChI is InChI=1S/C31H38ClN3O3/c1-24-14-16-25(17-15-24)31(37)34(19-20-38-2)23-30(36)35(27-10-4-3-5-11-27)22-28-12-8-18-33(28)21-26-9-6-7-13-29(26)32/h6-9,12-18,27H,3-5,10-11,19-23H2,1-2H3. The third-order valence-electron chi connectivity index (χ3n) is 7.37. The molecule has 0 aliphatic heterocycles. The highest BCUT2D eigenvalue weighted by Gasteiger charge is 2.29. The Balaban J connectivity index is 1.55. The first-order valence-electron chi connectivity index (χ1n) is 13.5. The van der Waals surface area contributed by atoms with E-state index in [0.29, 0.717) is 31.8 Å². The zero-order valence-electron chi connectivity index (χ0n) is 22.4. The normalized spacial score (nSPS) is 13.9. The smallest absolute Gasteiger partial charge is 0.254 e. The molecule has 0 N–H and O–H groups in total. The number of aryl methyl sites for hydroxylation is 1. The second kappa shape index (κ2) is 13.6. The van der Waals surface area contributed by atoms with Crippen LogP contribution in [0.25, 0.3) is 0 Å². The Morgan fingerprint density at radius 1 is 1.00 bits per heavy atom. The summed E-state index contributed by atoms with van der Waals surface area (Å²) in [5.74, 6) is -0.181. The molecule has 2 amide bonds. The van der Waals surface area contributed by atoms with Crippen molar-refractivity contribution in [1.29, 1.82) is 0 Å². The quantitative estimate of drug-likeness (QED) is 0.305. The van der Waals surface area contributed by atoms with Crippen molar-refractivity contribution in [1.82, 2.24) is 14.4 Å². The van der Waals surface area contributed by atoms with Gasteiger partial charge in [0.2, 0.25) is 5.91 Å². The predicted molar refractivity (Wildman–Crippen MR) is 151 cm³/mol. The maximum atomic E-state index is 13.9. The first-order chi connectivity index (χ1) is 18.5. The van der Waals surface area contributed by atoms with E-state index in [1.54, 1.807) is 12.0 Å². The van der Waals surface area contributed by atoms with Crippen LogP contribution in [0.3, 0.4) is 0 Å². The maximum Gasteiger partial charge on any atom is 0.254 e. The van der Waals surface area contributed by atoms with Gasteiger partial charge in [-0.3, -0.25) is 9.59 Å². The lowest BCUT2D eigenvalue weighted by Crippen LogP contribution is -2.48. The molecule has 1 aliphatic rings. The molecule has 6 nitrogen and oxygen atoms in total. The van der Waals surface area contributed by atoms with E-state index in [1.165, 1.54) is 6.42 Å². The molecule has 1 heterocycles. The molecule has 3 aromatic rings. The molecule has 2 aromatic carbocycles. The summed E-state index contributed by atoms with van der Waals surface area (Å²) in [4.78, 5) is 30.9. The molecule has 7 heteroatoms. The number of amides is 2. The monoisotopic (exact) mass is 535 g/mol. The summed E-state index contributed by atoms with van der Waals surface area (Å²) in [6, 6.07) is 19.6. The van der Waals surface area contributed by atoms with Crippen molar-refractivity contribution in [2.24, 2.45) is 0 Å². The summed E-state index contributed by atoms with van der Waals surface area (Å²) in [5.41, 5.74) is 3.76. The van der Waals surface area contributed by atoms with E-state index < -0.39 is 0 Å². The zero-order chi connectivity index (χ0) is 26.9. The van der Waals surface area contributed by atoms with Gasteiger partial charge in [0.25, 0.3) is 5.91 Å². The van der Waals surface area contributed by atoms with Crippen LogP contribution in [0.4, 0.5) is 0 Å². The lowest BCUT2D eigenvalue weighted by Gasteiger charge is -2.36. The fourth-order valence-electron chi connectivity index (χ4n) is 5.13. The molecule has 0 spiro atoms. The molecule has 202 valence electrons. The van der Waals surface area contributed by atoms with Gasteiger partial charge in [0.1, 0.15) is 6.54 Å². The van der Waals surface area contributed by atoms with E-state index in [0.717, 1.165) is 47.5 Å². The van der Waals surface area contributed by atoms with Gasteiger partial charge in [-0.15, -0.1) is 0 Å². The summed E-state index contributed by atoms with van der Waals surface area (Å²) in [6.45, 7) is 3.88. The highest BCUT2D eigenvalue weighted by atomic mass is 35.5. The van der Waals surface area contributed by atoms with Crippen molar-refractivity contribution in [3.8, 4) is 0 Å². The van der Waals surface area contributed by atoms with Gasteiger partial charge in [0.15, 0.2) is 0 Å².